The molecule has 1 aromatic heterocycles. The third-order valence-electron chi connectivity index (χ3n) is 5.07. The highest BCUT2D eigenvalue weighted by molar-refractivity contribution is 5.15. The number of hydrogen-bond acceptors (Lipinski definition) is 1. The van der Waals surface area contributed by atoms with Crippen molar-refractivity contribution in [2.45, 2.75) is 77.7 Å². The third-order valence-corrected chi connectivity index (χ3v) is 5.07. The Labute approximate surface area is 148 Å². The maximum Gasteiger partial charge on any atom is 0.0948 e. The minimum atomic E-state index is 0.580. The lowest BCUT2D eigenvalue weighted by Gasteiger charge is -2.29. The van der Waals surface area contributed by atoms with E-state index in [4.69, 9.17) is 0 Å². The molecule has 2 heteroatoms. The minimum absolute atomic E-state index is 0.580. The van der Waals surface area contributed by atoms with E-state index in [2.05, 4.69) is 59.9 Å². The molecule has 24 heavy (non-hydrogen) atoms. The molecular weight excluding hydrogens is 292 g/mol. The first-order chi connectivity index (χ1) is 11.8. The Morgan fingerprint density at radius 1 is 0.917 bits per heavy atom. The van der Waals surface area contributed by atoms with Crippen molar-refractivity contribution in [3.8, 4) is 0 Å². The van der Waals surface area contributed by atoms with Gasteiger partial charge >= 0.3 is 0 Å². The summed E-state index contributed by atoms with van der Waals surface area (Å²) in [5.41, 5.74) is 1.47. The molecule has 1 aromatic carbocycles. The summed E-state index contributed by atoms with van der Waals surface area (Å²) in [4.78, 5) is 4.32. The van der Waals surface area contributed by atoms with Gasteiger partial charge in [0.2, 0.25) is 0 Å². The van der Waals surface area contributed by atoms with Gasteiger partial charge in [0.05, 0.1) is 6.33 Å². The first kappa shape index (κ1) is 18.8. The fraction of sp³-hybridized carbons (Fsp3) is 0.591. The van der Waals surface area contributed by atoms with E-state index in [9.17, 15) is 0 Å². The van der Waals surface area contributed by atoms with Crippen LogP contribution in [0.3, 0.4) is 0 Å². The lowest BCUT2D eigenvalue weighted by atomic mass is 9.85. The molecular formula is C22H34N2. The van der Waals surface area contributed by atoms with Crippen molar-refractivity contribution in [3.05, 3.63) is 54.6 Å². The van der Waals surface area contributed by atoms with Crippen LogP contribution in [0.2, 0.25) is 0 Å². The molecule has 0 aliphatic heterocycles. The van der Waals surface area contributed by atoms with Crippen molar-refractivity contribution in [3.63, 3.8) is 0 Å². The summed E-state index contributed by atoms with van der Waals surface area (Å²) < 4.78 is 2.37. The zero-order valence-electron chi connectivity index (χ0n) is 15.5. The molecule has 0 bridgehead atoms. The first-order valence-electron chi connectivity index (χ1n) is 9.86. The maximum atomic E-state index is 4.32. The van der Waals surface area contributed by atoms with E-state index in [1.165, 1.54) is 63.4 Å². The van der Waals surface area contributed by atoms with Crippen molar-refractivity contribution >= 4 is 0 Å². The predicted molar refractivity (Wildman–Crippen MR) is 103 cm³/mol. The van der Waals surface area contributed by atoms with Crippen LogP contribution in [-0.2, 0) is 6.42 Å². The van der Waals surface area contributed by atoms with Crippen LogP contribution in [0.5, 0.6) is 0 Å². The quantitative estimate of drug-likeness (QED) is 0.410. The SMILES string of the molecule is CCCCCCC(C(CCCC)Cc1ccccc1)n1ccnc1. The van der Waals surface area contributed by atoms with Gasteiger partial charge in [-0.15, -0.1) is 0 Å². The van der Waals surface area contributed by atoms with Gasteiger partial charge in [-0.3, -0.25) is 0 Å². The Hall–Kier alpha value is -1.57. The minimum Gasteiger partial charge on any atom is -0.334 e. The average Bonchev–Trinajstić information content (AvgIpc) is 3.14. The summed E-state index contributed by atoms with van der Waals surface area (Å²) in [7, 11) is 0. The lowest BCUT2D eigenvalue weighted by molar-refractivity contribution is 0.277. The zero-order chi connectivity index (χ0) is 17.0. The molecule has 2 aromatic rings. The van der Waals surface area contributed by atoms with E-state index in [1.807, 2.05) is 12.5 Å². The van der Waals surface area contributed by atoms with Gasteiger partial charge in [0.25, 0.3) is 0 Å². The van der Waals surface area contributed by atoms with Gasteiger partial charge in [0.1, 0.15) is 0 Å². The summed E-state index contributed by atoms with van der Waals surface area (Å²) in [6, 6.07) is 11.6. The Balaban J connectivity index is 2.09. The van der Waals surface area contributed by atoms with Crippen LogP contribution in [0.1, 0.15) is 76.8 Å². The molecule has 0 N–H and O–H groups in total. The zero-order valence-corrected chi connectivity index (χ0v) is 15.5. The van der Waals surface area contributed by atoms with Crippen LogP contribution in [0.25, 0.3) is 0 Å². The molecule has 0 amide bonds. The molecule has 0 saturated carbocycles. The second-order valence-corrected chi connectivity index (χ2v) is 7.02. The van der Waals surface area contributed by atoms with Gasteiger partial charge in [-0.1, -0.05) is 82.7 Å². The molecule has 0 radical (unpaired) electrons. The van der Waals surface area contributed by atoms with Crippen LogP contribution >= 0.6 is 0 Å². The molecule has 1 heterocycles. The molecule has 2 nitrogen and oxygen atoms in total. The number of unbranched alkanes of at least 4 members (excludes halogenated alkanes) is 4. The normalized spacial score (nSPS) is 13.8. The standard InChI is InChI=1S/C22H34N2/c1-3-5-7-11-15-22(24-17-16-23-19-24)21(14-6-4-2)18-20-12-9-8-10-13-20/h8-10,12-13,16-17,19,21-22H,3-7,11,14-15,18H2,1-2H3. The van der Waals surface area contributed by atoms with E-state index in [-0.39, 0.29) is 0 Å². The topological polar surface area (TPSA) is 17.8 Å². The van der Waals surface area contributed by atoms with E-state index >= 15 is 0 Å². The largest absolute Gasteiger partial charge is 0.334 e. The predicted octanol–water partition coefficient (Wildman–Crippen LogP) is 6.44. The summed E-state index contributed by atoms with van der Waals surface area (Å²) in [5, 5.41) is 0. The second-order valence-electron chi connectivity index (χ2n) is 7.02. The van der Waals surface area contributed by atoms with Crippen LogP contribution in [-0.4, -0.2) is 9.55 Å². The van der Waals surface area contributed by atoms with Crippen LogP contribution < -0.4 is 0 Å². The third kappa shape index (κ3) is 6.14. The van der Waals surface area contributed by atoms with E-state index in [0.29, 0.717) is 12.0 Å². The molecule has 0 fully saturated rings. The lowest BCUT2D eigenvalue weighted by Crippen LogP contribution is -2.21. The van der Waals surface area contributed by atoms with Crippen molar-refractivity contribution in [2.75, 3.05) is 0 Å². The Morgan fingerprint density at radius 2 is 1.71 bits per heavy atom. The van der Waals surface area contributed by atoms with Crippen molar-refractivity contribution < 1.29 is 0 Å². The van der Waals surface area contributed by atoms with Gasteiger partial charge in [0.15, 0.2) is 0 Å². The first-order valence-corrected chi connectivity index (χ1v) is 9.86. The molecule has 0 saturated heterocycles. The van der Waals surface area contributed by atoms with Crippen LogP contribution in [0.4, 0.5) is 0 Å². The summed E-state index contributed by atoms with van der Waals surface area (Å²) in [6.45, 7) is 4.58. The van der Waals surface area contributed by atoms with E-state index < -0.39 is 0 Å². The van der Waals surface area contributed by atoms with Crippen molar-refractivity contribution in [1.29, 1.82) is 0 Å². The fourth-order valence-electron chi connectivity index (χ4n) is 3.69. The van der Waals surface area contributed by atoms with E-state index in [0.717, 1.165) is 0 Å². The van der Waals surface area contributed by atoms with Crippen LogP contribution in [0.15, 0.2) is 49.1 Å². The molecule has 2 unspecified atom stereocenters. The summed E-state index contributed by atoms with van der Waals surface area (Å²) in [5.74, 6) is 0.697. The van der Waals surface area contributed by atoms with Crippen molar-refractivity contribution in [2.24, 2.45) is 5.92 Å². The molecule has 0 aliphatic carbocycles. The number of rotatable bonds is 12. The Morgan fingerprint density at radius 3 is 2.38 bits per heavy atom. The highest BCUT2D eigenvalue weighted by Crippen LogP contribution is 2.31. The number of hydrogen-bond donors (Lipinski definition) is 0. The Kier molecular flexibility index (Phi) is 8.65. The summed E-state index contributed by atoms with van der Waals surface area (Å²) >= 11 is 0. The van der Waals surface area contributed by atoms with Crippen LogP contribution in [0, 0.1) is 5.92 Å². The molecule has 0 spiro atoms. The monoisotopic (exact) mass is 326 g/mol. The number of aromatic nitrogens is 2. The highest BCUT2D eigenvalue weighted by atomic mass is 15.1. The number of nitrogens with zero attached hydrogens (tertiary/aromatic N) is 2. The summed E-state index contributed by atoms with van der Waals surface area (Å²) in [6.07, 6.45) is 17.8. The highest BCUT2D eigenvalue weighted by Gasteiger charge is 2.22. The Bertz CT molecular complexity index is 518. The number of benzene rings is 1. The fourth-order valence-corrected chi connectivity index (χ4v) is 3.69. The van der Waals surface area contributed by atoms with Crippen molar-refractivity contribution in [1.82, 2.24) is 9.55 Å². The molecule has 0 aliphatic rings. The maximum absolute atomic E-state index is 4.32. The van der Waals surface area contributed by atoms with E-state index in [1.54, 1.807) is 0 Å². The smallest absolute Gasteiger partial charge is 0.0948 e. The van der Waals surface area contributed by atoms with Gasteiger partial charge in [0, 0.05) is 18.4 Å². The molecule has 2 rings (SSSR count). The van der Waals surface area contributed by atoms with Gasteiger partial charge in [-0.25, -0.2) is 4.98 Å². The van der Waals surface area contributed by atoms with Gasteiger partial charge in [-0.05, 0) is 30.7 Å². The molecule has 132 valence electrons. The average molecular weight is 327 g/mol. The van der Waals surface area contributed by atoms with Gasteiger partial charge in [-0.2, -0.15) is 0 Å². The van der Waals surface area contributed by atoms with Gasteiger partial charge < -0.3 is 4.57 Å². The molecule has 2 atom stereocenters. The number of imidazole rings is 1. The second kappa shape index (κ2) is 11.1.